The van der Waals surface area contributed by atoms with Crippen molar-refractivity contribution >= 4 is 23.7 Å². The molecule has 0 saturated carbocycles. The number of halogens is 2. The number of rotatable bonds is 14. The zero-order valence-corrected chi connectivity index (χ0v) is 21.8. The number of nitrogens with one attached hydrogen (secondary N) is 3. The van der Waals surface area contributed by atoms with Crippen molar-refractivity contribution in [3.63, 3.8) is 0 Å². The van der Waals surface area contributed by atoms with Gasteiger partial charge in [0.05, 0.1) is 19.3 Å². The van der Waals surface area contributed by atoms with Gasteiger partial charge in [-0.2, -0.15) is 8.78 Å². The van der Waals surface area contributed by atoms with Gasteiger partial charge in [-0.05, 0) is 40.0 Å². The van der Waals surface area contributed by atoms with Crippen LogP contribution in [-0.4, -0.2) is 123 Å². The van der Waals surface area contributed by atoms with Crippen LogP contribution in [0.4, 0.5) is 8.78 Å². The van der Waals surface area contributed by atoms with E-state index >= 15 is 0 Å². The molecule has 1 fully saturated rings. The number of hydrogen-bond acceptors (Lipinski definition) is 12. The van der Waals surface area contributed by atoms with E-state index in [1.807, 2.05) is 5.32 Å². The van der Waals surface area contributed by atoms with Crippen LogP contribution in [0, 0.1) is 0 Å². The number of aliphatic hydroxyl groups is 5. The van der Waals surface area contributed by atoms with Crippen molar-refractivity contribution in [3.05, 3.63) is 0 Å². The highest BCUT2D eigenvalue weighted by molar-refractivity contribution is 5.91. The fourth-order valence-corrected chi connectivity index (χ4v) is 3.56. The molecule has 0 spiro atoms. The molecule has 1 aliphatic heterocycles. The molecule has 3 amide bonds. The fraction of sp³-hybridized carbons (Fsp3) is 0.818. The third kappa shape index (κ3) is 8.47. The summed E-state index contributed by atoms with van der Waals surface area (Å²) in [6.45, 7) is 3.05. The Morgan fingerprint density at radius 2 is 1.64 bits per heavy atom. The molecule has 0 aromatic heterocycles. The standard InChI is InChI=1S/C22H38F2N4O11/c1-4-38-19(35)11(3)28-17(33)10(2)27-18(34)12(25)7-5-6-8-26-20(36)21(23,24)22(37)16(32)15(31)14(30)13(9-29)39-22/h10-16,29-32,37H,4-9,25H2,1-3H3,(H,26,36)(H,27,34)(H,28,33)/t10-,11-,12-,13+,14-,15-,16+,22-/m0/s1. The second-order valence-corrected chi connectivity index (χ2v) is 9.11. The SMILES string of the molecule is CCOC(=O)[C@H](C)NC(=O)[C@H](C)NC(=O)[C@@H](N)CCCCNC(=O)C(F)(F)[C@@]1(O)O[C@H](CO)[C@H](O)[C@H](O)[C@H]1O. The first kappa shape index (κ1) is 34.5. The Morgan fingerprint density at radius 1 is 1.05 bits per heavy atom. The predicted molar refractivity (Wildman–Crippen MR) is 127 cm³/mol. The number of unbranched alkanes of at least 4 members (excludes halogenated alkanes) is 1. The van der Waals surface area contributed by atoms with Crippen molar-refractivity contribution in [2.75, 3.05) is 19.8 Å². The van der Waals surface area contributed by atoms with Crippen LogP contribution in [0.15, 0.2) is 0 Å². The molecule has 1 saturated heterocycles. The van der Waals surface area contributed by atoms with Gasteiger partial charge in [-0.25, -0.2) is 4.79 Å². The number of carbonyl (C=O) groups excluding carboxylic acids is 4. The Hall–Kier alpha value is -2.54. The predicted octanol–water partition coefficient (Wildman–Crippen LogP) is -4.03. The van der Waals surface area contributed by atoms with E-state index in [0.29, 0.717) is 0 Å². The summed E-state index contributed by atoms with van der Waals surface area (Å²) in [5.74, 6) is -12.8. The van der Waals surface area contributed by atoms with Crippen molar-refractivity contribution in [1.82, 2.24) is 16.0 Å². The van der Waals surface area contributed by atoms with E-state index < -0.39 is 84.5 Å². The molecule has 1 rings (SSSR count). The number of carbonyl (C=O) groups is 4. The Labute approximate surface area is 223 Å². The van der Waals surface area contributed by atoms with Gasteiger partial charge in [0.25, 0.3) is 11.7 Å². The summed E-state index contributed by atoms with van der Waals surface area (Å²) in [6, 6.07) is -3.06. The van der Waals surface area contributed by atoms with Crippen LogP contribution in [0.2, 0.25) is 0 Å². The average Bonchev–Trinajstić information content (AvgIpc) is 2.88. The first-order chi connectivity index (χ1) is 18.0. The molecule has 8 atom stereocenters. The molecule has 1 heterocycles. The monoisotopic (exact) mass is 572 g/mol. The third-order valence-electron chi connectivity index (χ3n) is 6.02. The first-order valence-electron chi connectivity index (χ1n) is 12.3. The van der Waals surface area contributed by atoms with Gasteiger partial charge in [-0.1, -0.05) is 0 Å². The Balaban J connectivity index is 2.51. The second kappa shape index (κ2) is 14.7. The van der Waals surface area contributed by atoms with Gasteiger partial charge < -0.3 is 56.7 Å². The smallest absolute Gasteiger partial charge is 0.379 e. The van der Waals surface area contributed by atoms with Crippen LogP contribution in [0.3, 0.4) is 0 Å². The van der Waals surface area contributed by atoms with Gasteiger partial charge in [0.2, 0.25) is 11.8 Å². The molecule has 0 bridgehead atoms. The van der Waals surface area contributed by atoms with Crippen molar-refractivity contribution in [1.29, 1.82) is 0 Å². The van der Waals surface area contributed by atoms with Gasteiger partial charge in [-0.15, -0.1) is 0 Å². The highest BCUT2D eigenvalue weighted by Crippen LogP contribution is 2.40. The fourth-order valence-electron chi connectivity index (χ4n) is 3.56. The quantitative estimate of drug-likeness (QED) is 0.0713. The molecular weight excluding hydrogens is 534 g/mol. The van der Waals surface area contributed by atoms with Crippen molar-refractivity contribution in [3.8, 4) is 0 Å². The lowest BCUT2D eigenvalue weighted by atomic mass is 9.88. The van der Waals surface area contributed by atoms with Gasteiger partial charge in [0.1, 0.15) is 36.5 Å². The molecule has 0 radical (unpaired) electrons. The van der Waals surface area contributed by atoms with Gasteiger partial charge in [0.15, 0.2) is 0 Å². The van der Waals surface area contributed by atoms with Crippen LogP contribution >= 0.6 is 0 Å². The molecule has 17 heteroatoms. The van der Waals surface area contributed by atoms with Crippen LogP contribution in [0.25, 0.3) is 0 Å². The summed E-state index contributed by atoms with van der Waals surface area (Å²) in [4.78, 5) is 48.0. The van der Waals surface area contributed by atoms with Crippen molar-refractivity contribution < 1.29 is 63.0 Å². The molecule has 0 aliphatic carbocycles. The lowest BCUT2D eigenvalue weighted by Gasteiger charge is -2.47. The minimum Gasteiger partial charge on any atom is -0.464 e. The Bertz CT molecular complexity index is 866. The number of nitrogens with two attached hydrogens (primary N) is 1. The molecule has 226 valence electrons. The van der Waals surface area contributed by atoms with E-state index in [9.17, 15) is 48.4 Å². The lowest BCUT2D eigenvalue weighted by molar-refractivity contribution is -0.401. The van der Waals surface area contributed by atoms with Crippen LogP contribution in [0.1, 0.15) is 40.0 Å². The number of ether oxygens (including phenoxy) is 2. The number of alkyl halides is 2. The number of hydrogen-bond donors (Lipinski definition) is 9. The van der Waals surface area contributed by atoms with Gasteiger partial charge in [-0.3, -0.25) is 14.4 Å². The van der Waals surface area contributed by atoms with E-state index in [0.717, 1.165) is 0 Å². The normalized spacial score (nSPS) is 27.6. The summed E-state index contributed by atoms with van der Waals surface area (Å²) in [5.41, 5.74) is 5.78. The summed E-state index contributed by atoms with van der Waals surface area (Å²) >= 11 is 0. The summed E-state index contributed by atoms with van der Waals surface area (Å²) in [6.07, 6.45) is -8.78. The van der Waals surface area contributed by atoms with E-state index in [-0.39, 0.29) is 32.4 Å². The molecule has 0 aromatic carbocycles. The van der Waals surface area contributed by atoms with Crippen LogP contribution in [-0.2, 0) is 28.7 Å². The molecule has 1 aliphatic rings. The maximum Gasteiger partial charge on any atom is 0.379 e. The van der Waals surface area contributed by atoms with Crippen LogP contribution in [0.5, 0.6) is 0 Å². The molecule has 0 aromatic rings. The number of esters is 1. The van der Waals surface area contributed by atoms with Crippen LogP contribution < -0.4 is 21.7 Å². The maximum atomic E-state index is 14.7. The molecule has 10 N–H and O–H groups in total. The van der Waals surface area contributed by atoms with E-state index in [4.69, 9.17) is 15.6 Å². The maximum absolute atomic E-state index is 14.7. The number of amides is 3. The van der Waals surface area contributed by atoms with Gasteiger partial charge in [0, 0.05) is 6.54 Å². The van der Waals surface area contributed by atoms with Gasteiger partial charge >= 0.3 is 11.9 Å². The first-order valence-corrected chi connectivity index (χ1v) is 12.3. The van der Waals surface area contributed by atoms with Crippen molar-refractivity contribution in [2.45, 2.75) is 94.3 Å². The van der Waals surface area contributed by atoms with E-state index in [1.54, 1.807) is 6.92 Å². The highest BCUT2D eigenvalue weighted by atomic mass is 19.3. The van der Waals surface area contributed by atoms with Crippen molar-refractivity contribution in [2.24, 2.45) is 5.73 Å². The zero-order valence-electron chi connectivity index (χ0n) is 21.8. The summed E-state index contributed by atoms with van der Waals surface area (Å²) < 4.78 is 38.6. The summed E-state index contributed by atoms with van der Waals surface area (Å²) in [7, 11) is 0. The largest absolute Gasteiger partial charge is 0.464 e. The third-order valence-corrected chi connectivity index (χ3v) is 6.02. The molecule has 0 unspecified atom stereocenters. The minimum absolute atomic E-state index is 0.0414. The minimum atomic E-state index is -4.81. The van der Waals surface area contributed by atoms with E-state index in [2.05, 4.69) is 15.4 Å². The Kier molecular flexibility index (Phi) is 13.0. The molecule has 15 nitrogen and oxygen atoms in total. The average molecular weight is 573 g/mol. The number of aliphatic hydroxyl groups excluding tert-OH is 4. The highest BCUT2D eigenvalue weighted by Gasteiger charge is 2.69. The molecule has 39 heavy (non-hydrogen) atoms. The molecular formula is C22H38F2N4O11. The second-order valence-electron chi connectivity index (χ2n) is 9.11. The van der Waals surface area contributed by atoms with E-state index in [1.165, 1.54) is 13.8 Å². The zero-order chi connectivity index (χ0) is 30.1. The Morgan fingerprint density at radius 3 is 2.21 bits per heavy atom. The lowest BCUT2D eigenvalue weighted by Crippen LogP contribution is -2.73. The topological polar surface area (TPSA) is 250 Å². The summed E-state index contributed by atoms with van der Waals surface area (Å²) in [5, 5.41) is 55.1.